The first kappa shape index (κ1) is 12.8. The fraction of sp³-hybridized carbons (Fsp3) is 0.692. The van der Waals surface area contributed by atoms with Crippen LogP contribution in [0, 0.1) is 5.92 Å². The second-order valence-electron chi connectivity index (χ2n) is 5.17. The van der Waals surface area contributed by atoms with Gasteiger partial charge in [-0.2, -0.15) is 0 Å². The van der Waals surface area contributed by atoms with Crippen molar-refractivity contribution in [3.8, 4) is 0 Å². The fourth-order valence-electron chi connectivity index (χ4n) is 1.78. The zero-order chi connectivity index (χ0) is 12.3. The molecule has 17 heavy (non-hydrogen) atoms. The van der Waals surface area contributed by atoms with Crippen molar-refractivity contribution < 1.29 is 0 Å². The summed E-state index contributed by atoms with van der Waals surface area (Å²) in [6.07, 6.45) is 4.93. The summed E-state index contributed by atoms with van der Waals surface area (Å²) < 4.78 is 0.890. The Morgan fingerprint density at radius 2 is 2.18 bits per heavy atom. The molecular formula is C13H20BrN3. The Hall–Kier alpha value is -0.640. The average molecular weight is 298 g/mol. The molecule has 1 N–H and O–H groups in total. The molecule has 2 rings (SSSR count). The van der Waals surface area contributed by atoms with E-state index in [1.54, 1.807) is 0 Å². The van der Waals surface area contributed by atoms with E-state index in [1.807, 2.05) is 6.07 Å². The molecule has 1 aliphatic rings. The van der Waals surface area contributed by atoms with E-state index in [0.29, 0.717) is 5.92 Å². The lowest BCUT2D eigenvalue weighted by molar-refractivity contribution is 0.566. The highest BCUT2D eigenvalue weighted by molar-refractivity contribution is 9.10. The van der Waals surface area contributed by atoms with Gasteiger partial charge in [0.25, 0.3) is 0 Å². The average Bonchev–Trinajstić information content (AvgIpc) is 3.07. The Morgan fingerprint density at radius 3 is 2.82 bits per heavy atom. The summed E-state index contributed by atoms with van der Waals surface area (Å²) in [5, 5.41) is 3.38. The molecule has 1 aromatic rings. The third-order valence-corrected chi connectivity index (χ3v) is 3.33. The maximum atomic E-state index is 4.56. The lowest BCUT2D eigenvalue weighted by atomic mass is 10.1. The molecule has 4 heteroatoms. The van der Waals surface area contributed by atoms with Crippen LogP contribution in [0.4, 0.5) is 5.82 Å². The molecule has 94 valence electrons. The summed E-state index contributed by atoms with van der Waals surface area (Å²) in [6.45, 7) is 5.50. The number of halogens is 1. The Kier molecular flexibility index (Phi) is 4.37. The van der Waals surface area contributed by atoms with Gasteiger partial charge in [0.05, 0.1) is 0 Å². The van der Waals surface area contributed by atoms with Gasteiger partial charge in [-0.1, -0.05) is 13.8 Å². The number of rotatable bonds is 6. The Morgan fingerprint density at radius 1 is 1.41 bits per heavy atom. The van der Waals surface area contributed by atoms with E-state index in [0.717, 1.165) is 28.7 Å². The van der Waals surface area contributed by atoms with E-state index >= 15 is 0 Å². The fourth-order valence-corrected chi connectivity index (χ4v) is 2.18. The molecule has 0 atom stereocenters. The minimum atomic E-state index is 0.601. The molecule has 1 heterocycles. The zero-order valence-electron chi connectivity index (χ0n) is 10.5. The van der Waals surface area contributed by atoms with Crippen LogP contribution in [0.25, 0.3) is 0 Å². The normalized spacial score (nSPS) is 15.3. The number of hydrogen-bond acceptors (Lipinski definition) is 3. The molecule has 0 unspecified atom stereocenters. The first-order valence-corrected chi connectivity index (χ1v) is 7.23. The van der Waals surface area contributed by atoms with Gasteiger partial charge in [0, 0.05) is 18.5 Å². The van der Waals surface area contributed by atoms with Gasteiger partial charge in [-0.15, -0.1) is 0 Å². The van der Waals surface area contributed by atoms with E-state index in [4.69, 9.17) is 0 Å². The monoisotopic (exact) mass is 297 g/mol. The smallest absolute Gasteiger partial charge is 0.135 e. The Balaban J connectivity index is 1.87. The van der Waals surface area contributed by atoms with Crippen molar-refractivity contribution in [1.29, 1.82) is 0 Å². The zero-order valence-corrected chi connectivity index (χ0v) is 12.1. The predicted molar refractivity (Wildman–Crippen MR) is 74.3 cm³/mol. The maximum absolute atomic E-state index is 4.56. The second-order valence-corrected chi connectivity index (χ2v) is 5.98. The number of nitrogens with one attached hydrogen (secondary N) is 1. The minimum Gasteiger partial charge on any atom is -0.370 e. The summed E-state index contributed by atoms with van der Waals surface area (Å²) in [7, 11) is 0. The number of aromatic nitrogens is 2. The lowest BCUT2D eigenvalue weighted by Crippen LogP contribution is -2.06. The first-order chi connectivity index (χ1) is 8.15. The SMILES string of the molecule is CC(C)CCCNc1cc(Br)nc(C2CC2)n1. The van der Waals surface area contributed by atoms with Crippen LogP contribution < -0.4 is 5.32 Å². The van der Waals surface area contributed by atoms with Crippen molar-refractivity contribution in [2.24, 2.45) is 5.92 Å². The van der Waals surface area contributed by atoms with Gasteiger partial charge in [-0.25, -0.2) is 9.97 Å². The van der Waals surface area contributed by atoms with Crippen molar-refractivity contribution in [3.63, 3.8) is 0 Å². The molecule has 0 saturated heterocycles. The van der Waals surface area contributed by atoms with Gasteiger partial charge < -0.3 is 5.32 Å². The lowest BCUT2D eigenvalue weighted by Gasteiger charge is -2.08. The first-order valence-electron chi connectivity index (χ1n) is 6.43. The van der Waals surface area contributed by atoms with E-state index in [1.165, 1.54) is 25.7 Å². The van der Waals surface area contributed by atoms with Crippen molar-refractivity contribution in [2.75, 3.05) is 11.9 Å². The molecule has 0 amide bonds. The summed E-state index contributed by atoms with van der Waals surface area (Å²) in [4.78, 5) is 8.98. The summed E-state index contributed by atoms with van der Waals surface area (Å²) in [5.74, 6) is 3.32. The van der Waals surface area contributed by atoms with Gasteiger partial charge in [-0.3, -0.25) is 0 Å². The third kappa shape index (κ3) is 4.26. The predicted octanol–water partition coefficient (Wildman–Crippen LogP) is 3.96. The van der Waals surface area contributed by atoms with Crippen LogP contribution in [-0.2, 0) is 0 Å². The van der Waals surface area contributed by atoms with E-state index in [-0.39, 0.29) is 0 Å². The van der Waals surface area contributed by atoms with Crippen LogP contribution in [-0.4, -0.2) is 16.5 Å². The molecule has 0 aliphatic heterocycles. The van der Waals surface area contributed by atoms with Crippen LogP contribution in [0.3, 0.4) is 0 Å². The van der Waals surface area contributed by atoms with E-state index < -0.39 is 0 Å². The summed E-state index contributed by atoms with van der Waals surface area (Å²) >= 11 is 3.45. The minimum absolute atomic E-state index is 0.601. The second kappa shape index (κ2) is 5.80. The number of nitrogens with zero attached hydrogens (tertiary/aromatic N) is 2. The molecule has 0 radical (unpaired) electrons. The molecule has 0 aromatic carbocycles. The van der Waals surface area contributed by atoms with Crippen LogP contribution in [0.1, 0.15) is 51.3 Å². The van der Waals surface area contributed by atoms with Gasteiger partial charge in [0.1, 0.15) is 16.2 Å². The highest BCUT2D eigenvalue weighted by Crippen LogP contribution is 2.38. The topological polar surface area (TPSA) is 37.8 Å². The maximum Gasteiger partial charge on any atom is 0.135 e. The van der Waals surface area contributed by atoms with Crippen LogP contribution in [0.15, 0.2) is 10.7 Å². The number of hydrogen-bond donors (Lipinski definition) is 1. The third-order valence-electron chi connectivity index (χ3n) is 2.92. The van der Waals surface area contributed by atoms with Crippen LogP contribution in [0.2, 0.25) is 0 Å². The van der Waals surface area contributed by atoms with E-state index in [2.05, 4.69) is 45.1 Å². The molecule has 3 nitrogen and oxygen atoms in total. The molecule has 0 spiro atoms. The molecule has 1 aromatic heterocycles. The quantitative estimate of drug-likeness (QED) is 0.638. The standard InChI is InChI=1S/C13H20BrN3/c1-9(2)4-3-7-15-12-8-11(14)16-13(17-12)10-5-6-10/h8-10H,3-7H2,1-2H3,(H,15,16,17). The van der Waals surface area contributed by atoms with Gasteiger partial charge in [-0.05, 0) is 47.5 Å². The largest absolute Gasteiger partial charge is 0.370 e. The van der Waals surface area contributed by atoms with Crippen molar-refractivity contribution >= 4 is 21.7 Å². The summed E-state index contributed by atoms with van der Waals surface area (Å²) in [5.41, 5.74) is 0. The molecule has 1 aliphatic carbocycles. The highest BCUT2D eigenvalue weighted by Gasteiger charge is 2.27. The van der Waals surface area contributed by atoms with Crippen molar-refractivity contribution in [2.45, 2.75) is 45.4 Å². The van der Waals surface area contributed by atoms with E-state index in [9.17, 15) is 0 Å². The molecular weight excluding hydrogens is 278 g/mol. The van der Waals surface area contributed by atoms with Crippen LogP contribution in [0.5, 0.6) is 0 Å². The van der Waals surface area contributed by atoms with Gasteiger partial charge in [0.2, 0.25) is 0 Å². The Bertz CT molecular complexity index is 375. The van der Waals surface area contributed by atoms with Crippen molar-refractivity contribution in [3.05, 3.63) is 16.5 Å². The van der Waals surface area contributed by atoms with Gasteiger partial charge >= 0.3 is 0 Å². The molecule has 1 saturated carbocycles. The van der Waals surface area contributed by atoms with Gasteiger partial charge in [0.15, 0.2) is 0 Å². The number of anilines is 1. The molecule has 1 fully saturated rings. The van der Waals surface area contributed by atoms with Crippen molar-refractivity contribution in [1.82, 2.24) is 9.97 Å². The summed E-state index contributed by atoms with van der Waals surface area (Å²) in [6, 6.07) is 1.96. The highest BCUT2D eigenvalue weighted by atomic mass is 79.9. The molecule has 0 bridgehead atoms. The Labute approximate surface area is 112 Å². The van der Waals surface area contributed by atoms with Crippen LogP contribution >= 0.6 is 15.9 Å².